The van der Waals surface area contributed by atoms with E-state index in [1.807, 2.05) is 29.2 Å². The highest BCUT2D eigenvalue weighted by Crippen LogP contribution is 2.13. The normalized spacial score (nSPS) is 14.4. The number of amides is 2. The van der Waals surface area contributed by atoms with Crippen LogP contribution in [-0.2, 0) is 13.0 Å². The van der Waals surface area contributed by atoms with Crippen molar-refractivity contribution in [3.8, 4) is 11.4 Å². The minimum atomic E-state index is -0.337. The van der Waals surface area contributed by atoms with Crippen molar-refractivity contribution in [2.45, 2.75) is 13.0 Å². The van der Waals surface area contributed by atoms with Gasteiger partial charge in [-0.15, -0.1) is 5.10 Å². The van der Waals surface area contributed by atoms with Gasteiger partial charge in [0.25, 0.3) is 0 Å². The van der Waals surface area contributed by atoms with E-state index < -0.39 is 0 Å². The van der Waals surface area contributed by atoms with Gasteiger partial charge in [0.15, 0.2) is 5.82 Å². The molecule has 0 saturated carbocycles. The largest absolute Gasteiger partial charge is 0.497 e. The average molecular weight is 439 g/mol. The highest BCUT2D eigenvalue weighted by molar-refractivity contribution is 5.74. The van der Waals surface area contributed by atoms with E-state index in [-0.39, 0.29) is 11.8 Å². The van der Waals surface area contributed by atoms with Crippen molar-refractivity contribution in [2.24, 2.45) is 0 Å². The molecule has 1 fully saturated rings. The van der Waals surface area contributed by atoms with Crippen molar-refractivity contribution in [3.05, 3.63) is 65.7 Å². The summed E-state index contributed by atoms with van der Waals surface area (Å²) >= 11 is 0. The highest BCUT2D eigenvalue weighted by atomic mass is 19.1. The van der Waals surface area contributed by atoms with Crippen LogP contribution in [-0.4, -0.2) is 75.9 Å². The first-order valence-corrected chi connectivity index (χ1v) is 10.5. The molecule has 10 heteroatoms. The summed E-state index contributed by atoms with van der Waals surface area (Å²) in [6.07, 6.45) is 0.762. The summed E-state index contributed by atoms with van der Waals surface area (Å²) in [4.78, 5) is 16.5. The average Bonchev–Trinajstić information content (AvgIpc) is 3.28. The van der Waals surface area contributed by atoms with E-state index in [1.165, 1.54) is 12.1 Å². The highest BCUT2D eigenvalue weighted by Gasteiger charge is 2.22. The molecule has 9 nitrogen and oxygen atoms in total. The molecule has 4 rings (SSSR count). The Morgan fingerprint density at radius 1 is 1.12 bits per heavy atom. The van der Waals surface area contributed by atoms with Gasteiger partial charge in [-0.3, -0.25) is 4.90 Å². The van der Waals surface area contributed by atoms with Crippen LogP contribution >= 0.6 is 0 Å². The summed E-state index contributed by atoms with van der Waals surface area (Å²) in [5.74, 6) is 1.11. The van der Waals surface area contributed by atoms with Gasteiger partial charge in [0.05, 0.1) is 19.3 Å². The number of urea groups is 1. The summed E-state index contributed by atoms with van der Waals surface area (Å²) in [6.45, 7) is 3.76. The van der Waals surface area contributed by atoms with Crippen LogP contribution in [0.1, 0.15) is 11.4 Å². The second-order valence-corrected chi connectivity index (χ2v) is 7.58. The second kappa shape index (κ2) is 10.2. The van der Waals surface area contributed by atoms with Crippen molar-refractivity contribution < 1.29 is 13.9 Å². The van der Waals surface area contributed by atoms with Crippen LogP contribution in [0.3, 0.4) is 0 Å². The Morgan fingerprint density at radius 3 is 2.62 bits per heavy atom. The number of ether oxygens (including phenoxy) is 1. The molecule has 1 saturated heterocycles. The van der Waals surface area contributed by atoms with Gasteiger partial charge in [-0.05, 0) is 52.7 Å². The number of hydrogen-bond donors (Lipinski definition) is 1. The standard InChI is InChI=1S/C22H26FN7O2/c1-32-20-7-5-17(6-8-20)9-10-24-22(31)29-13-11-28(12-14-29)16-21-25-26-27-30(21)19-4-2-3-18(23)15-19/h2-8,15H,9-14,16H2,1H3,(H,24,31). The van der Waals surface area contributed by atoms with Gasteiger partial charge in [-0.1, -0.05) is 18.2 Å². The van der Waals surface area contributed by atoms with Crippen LogP contribution in [0.4, 0.5) is 9.18 Å². The van der Waals surface area contributed by atoms with Gasteiger partial charge in [0, 0.05) is 32.7 Å². The molecule has 0 spiro atoms. The van der Waals surface area contributed by atoms with E-state index in [1.54, 1.807) is 23.9 Å². The van der Waals surface area contributed by atoms with Gasteiger partial charge in [0.1, 0.15) is 11.6 Å². The SMILES string of the molecule is COc1ccc(CCNC(=O)N2CCN(Cc3nnnn3-c3cccc(F)c3)CC2)cc1. The maximum Gasteiger partial charge on any atom is 0.317 e. The first kappa shape index (κ1) is 21.7. The maximum absolute atomic E-state index is 13.5. The van der Waals surface area contributed by atoms with Crippen LogP contribution in [0.15, 0.2) is 48.5 Å². The Hall–Kier alpha value is -3.53. The number of carbonyl (C=O) groups is 1. The molecule has 0 aliphatic carbocycles. The lowest BCUT2D eigenvalue weighted by Crippen LogP contribution is -2.51. The first-order valence-electron chi connectivity index (χ1n) is 10.5. The summed E-state index contributed by atoms with van der Waals surface area (Å²) in [5.41, 5.74) is 1.73. The molecule has 0 unspecified atom stereocenters. The fraction of sp³-hybridized carbons (Fsp3) is 0.364. The summed E-state index contributed by atoms with van der Waals surface area (Å²) in [5, 5.41) is 14.8. The Morgan fingerprint density at radius 2 is 1.91 bits per heavy atom. The van der Waals surface area contributed by atoms with Gasteiger partial charge < -0.3 is 15.0 Å². The fourth-order valence-electron chi connectivity index (χ4n) is 3.64. The zero-order valence-electron chi connectivity index (χ0n) is 17.9. The third-order valence-corrected chi connectivity index (χ3v) is 5.46. The number of rotatable bonds is 7. The third kappa shape index (κ3) is 5.38. The molecule has 3 aromatic rings. The first-order chi connectivity index (χ1) is 15.6. The predicted molar refractivity (Wildman–Crippen MR) is 116 cm³/mol. The number of nitrogens with one attached hydrogen (secondary N) is 1. The van der Waals surface area contributed by atoms with Crippen LogP contribution in [0.2, 0.25) is 0 Å². The molecule has 168 valence electrons. The predicted octanol–water partition coefficient (Wildman–Crippen LogP) is 1.88. The van der Waals surface area contributed by atoms with Crippen molar-refractivity contribution in [1.82, 2.24) is 35.3 Å². The molecule has 1 aliphatic rings. The summed E-state index contributed by atoms with van der Waals surface area (Å²) < 4.78 is 20.2. The molecule has 2 aromatic carbocycles. The van der Waals surface area contributed by atoms with Crippen molar-refractivity contribution in [1.29, 1.82) is 0 Å². The molecule has 1 aromatic heterocycles. The molecule has 1 aliphatic heterocycles. The number of piperazine rings is 1. The van der Waals surface area contributed by atoms with Crippen LogP contribution in [0.5, 0.6) is 5.75 Å². The zero-order chi connectivity index (χ0) is 22.3. The smallest absolute Gasteiger partial charge is 0.317 e. The number of tetrazole rings is 1. The monoisotopic (exact) mass is 439 g/mol. The Balaban J connectivity index is 1.23. The van der Waals surface area contributed by atoms with Crippen molar-refractivity contribution in [2.75, 3.05) is 39.8 Å². The number of halogens is 1. The molecule has 2 heterocycles. The Labute approximate surface area is 185 Å². The molecular weight excluding hydrogens is 413 g/mol. The zero-order valence-corrected chi connectivity index (χ0v) is 17.9. The van der Waals surface area contributed by atoms with Gasteiger partial charge in [-0.25, -0.2) is 9.18 Å². The molecule has 2 amide bonds. The molecule has 32 heavy (non-hydrogen) atoms. The van der Waals surface area contributed by atoms with Crippen molar-refractivity contribution >= 4 is 6.03 Å². The third-order valence-electron chi connectivity index (χ3n) is 5.46. The second-order valence-electron chi connectivity index (χ2n) is 7.58. The van der Waals surface area contributed by atoms with Crippen molar-refractivity contribution in [3.63, 3.8) is 0 Å². The fourth-order valence-corrected chi connectivity index (χ4v) is 3.64. The van der Waals surface area contributed by atoms with E-state index in [9.17, 15) is 9.18 Å². The Kier molecular flexibility index (Phi) is 6.90. The minimum Gasteiger partial charge on any atom is -0.497 e. The Bertz CT molecular complexity index is 1030. The molecule has 0 atom stereocenters. The quantitative estimate of drug-likeness (QED) is 0.605. The molecule has 1 N–H and O–H groups in total. The maximum atomic E-state index is 13.5. The lowest BCUT2D eigenvalue weighted by molar-refractivity contribution is 0.133. The van der Waals surface area contributed by atoms with E-state index >= 15 is 0 Å². The minimum absolute atomic E-state index is 0.0530. The van der Waals surface area contributed by atoms with Gasteiger partial charge in [0.2, 0.25) is 0 Å². The van der Waals surface area contributed by atoms with E-state index in [0.717, 1.165) is 17.7 Å². The number of carbonyl (C=O) groups excluding carboxylic acids is 1. The number of methoxy groups -OCH3 is 1. The van der Waals surface area contributed by atoms with Gasteiger partial charge in [-0.2, -0.15) is 4.68 Å². The van der Waals surface area contributed by atoms with Crippen LogP contribution < -0.4 is 10.1 Å². The number of aromatic nitrogens is 4. The summed E-state index contributed by atoms with van der Waals surface area (Å²) in [7, 11) is 1.64. The van der Waals surface area contributed by atoms with Gasteiger partial charge >= 0.3 is 6.03 Å². The molecule has 0 bridgehead atoms. The number of nitrogens with zero attached hydrogens (tertiary/aromatic N) is 6. The number of hydrogen-bond acceptors (Lipinski definition) is 6. The lowest BCUT2D eigenvalue weighted by Gasteiger charge is -2.34. The summed E-state index contributed by atoms with van der Waals surface area (Å²) in [6, 6.07) is 14.0. The number of benzene rings is 2. The van der Waals surface area contributed by atoms with E-state index in [4.69, 9.17) is 4.74 Å². The topological polar surface area (TPSA) is 88.4 Å². The van der Waals surface area contributed by atoms with Crippen LogP contribution in [0.25, 0.3) is 5.69 Å². The van der Waals surface area contributed by atoms with E-state index in [0.29, 0.717) is 50.8 Å². The van der Waals surface area contributed by atoms with E-state index in [2.05, 4.69) is 25.7 Å². The lowest BCUT2D eigenvalue weighted by atomic mass is 10.1. The van der Waals surface area contributed by atoms with Crippen LogP contribution in [0, 0.1) is 5.82 Å². The molecular formula is C22H26FN7O2. The molecule has 0 radical (unpaired) electrons.